The number of nitro benzene ring substituents is 1. The molecule has 0 bridgehead atoms. The molecule has 0 saturated carbocycles. The summed E-state index contributed by atoms with van der Waals surface area (Å²) in [5.41, 5.74) is 2.74. The van der Waals surface area contributed by atoms with Gasteiger partial charge in [-0.05, 0) is 42.5 Å². The van der Waals surface area contributed by atoms with Crippen molar-refractivity contribution in [2.45, 2.75) is 4.90 Å². The van der Waals surface area contributed by atoms with Crippen LogP contribution in [-0.2, 0) is 10.0 Å². The van der Waals surface area contributed by atoms with Gasteiger partial charge in [-0.15, -0.1) is 0 Å². The molecule has 1 aliphatic heterocycles. The predicted octanol–water partition coefficient (Wildman–Crippen LogP) is 3.08. The number of hydrogen-bond acceptors (Lipinski definition) is 6. The number of para-hydroxylation sites is 3. The number of carbonyl (C=O) groups is 1. The summed E-state index contributed by atoms with van der Waals surface area (Å²) in [6.07, 6.45) is 1.73. The topological polar surface area (TPSA) is 119 Å². The van der Waals surface area contributed by atoms with E-state index < -0.39 is 20.6 Å². The van der Waals surface area contributed by atoms with Crippen LogP contribution in [0.2, 0.25) is 0 Å². The molecule has 4 aromatic rings. The molecule has 1 saturated heterocycles. The van der Waals surface area contributed by atoms with E-state index in [9.17, 15) is 23.3 Å². The van der Waals surface area contributed by atoms with Crippen molar-refractivity contribution < 1.29 is 18.1 Å². The Bertz CT molecular complexity index is 1520. The third-order valence-electron chi connectivity index (χ3n) is 6.05. The van der Waals surface area contributed by atoms with Gasteiger partial charge in [0.25, 0.3) is 11.6 Å². The summed E-state index contributed by atoms with van der Waals surface area (Å²) in [6.45, 7) is 0.484. The number of nitro groups is 1. The van der Waals surface area contributed by atoms with Gasteiger partial charge in [0.15, 0.2) is 4.90 Å². The molecular formula is C24H21N5O5S. The van der Waals surface area contributed by atoms with Crippen LogP contribution in [0.4, 0.5) is 5.69 Å². The molecule has 10 nitrogen and oxygen atoms in total. The van der Waals surface area contributed by atoms with E-state index in [-0.39, 0.29) is 37.0 Å². The zero-order valence-corrected chi connectivity index (χ0v) is 19.3. The van der Waals surface area contributed by atoms with Crippen molar-refractivity contribution in [3.63, 3.8) is 0 Å². The van der Waals surface area contributed by atoms with E-state index in [2.05, 4.69) is 4.98 Å². The van der Waals surface area contributed by atoms with Crippen molar-refractivity contribution in [1.29, 1.82) is 0 Å². The Labute approximate surface area is 201 Å². The third-order valence-corrected chi connectivity index (χ3v) is 8.00. The SMILES string of the molecule is O=C(c1ccc(-n2cnc3ccccc32)cc1)N1CCN(S(=O)(=O)c2ccccc2[N+](=O)[O-])CC1. The van der Waals surface area contributed by atoms with Crippen molar-refractivity contribution in [2.75, 3.05) is 26.2 Å². The Kier molecular flexibility index (Phi) is 5.79. The van der Waals surface area contributed by atoms with Gasteiger partial charge in [0, 0.05) is 43.5 Å². The molecule has 1 fully saturated rings. The average molecular weight is 492 g/mol. The number of nitrogens with zero attached hydrogens (tertiary/aromatic N) is 5. The Morgan fingerprint density at radius 3 is 2.26 bits per heavy atom. The second kappa shape index (κ2) is 8.93. The molecule has 0 radical (unpaired) electrons. The Morgan fingerprint density at radius 1 is 0.886 bits per heavy atom. The van der Waals surface area contributed by atoms with Crippen LogP contribution >= 0.6 is 0 Å². The van der Waals surface area contributed by atoms with Gasteiger partial charge in [-0.1, -0.05) is 24.3 Å². The highest BCUT2D eigenvalue weighted by Crippen LogP contribution is 2.27. The lowest BCUT2D eigenvalue weighted by atomic mass is 10.1. The van der Waals surface area contributed by atoms with Crippen LogP contribution in [0.5, 0.6) is 0 Å². The number of carbonyl (C=O) groups excluding carboxylic acids is 1. The van der Waals surface area contributed by atoms with Crippen molar-refractivity contribution in [3.05, 3.63) is 94.8 Å². The van der Waals surface area contributed by atoms with E-state index in [1.807, 2.05) is 41.0 Å². The van der Waals surface area contributed by atoms with Gasteiger partial charge in [-0.3, -0.25) is 19.5 Å². The minimum atomic E-state index is -4.06. The highest BCUT2D eigenvalue weighted by atomic mass is 32.2. The number of amides is 1. The number of rotatable bonds is 5. The number of piperazine rings is 1. The minimum absolute atomic E-state index is 0.0548. The Balaban J connectivity index is 1.28. The van der Waals surface area contributed by atoms with E-state index in [1.165, 1.54) is 28.6 Å². The van der Waals surface area contributed by atoms with Crippen molar-refractivity contribution in [2.24, 2.45) is 0 Å². The van der Waals surface area contributed by atoms with E-state index in [0.29, 0.717) is 5.56 Å². The molecule has 35 heavy (non-hydrogen) atoms. The third kappa shape index (κ3) is 4.15. The van der Waals surface area contributed by atoms with E-state index >= 15 is 0 Å². The first-order valence-electron chi connectivity index (χ1n) is 10.9. The molecule has 0 spiro atoms. The van der Waals surface area contributed by atoms with Crippen LogP contribution in [0.15, 0.2) is 84.0 Å². The van der Waals surface area contributed by atoms with Gasteiger partial charge in [0.2, 0.25) is 10.0 Å². The number of hydrogen-bond donors (Lipinski definition) is 0. The summed E-state index contributed by atoms with van der Waals surface area (Å²) in [4.78, 5) is 29.2. The summed E-state index contributed by atoms with van der Waals surface area (Å²) >= 11 is 0. The van der Waals surface area contributed by atoms with Gasteiger partial charge in [-0.25, -0.2) is 13.4 Å². The molecule has 0 atom stereocenters. The van der Waals surface area contributed by atoms with E-state index in [0.717, 1.165) is 16.7 Å². The summed E-state index contributed by atoms with van der Waals surface area (Å²) < 4.78 is 29.2. The summed E-state index contributed by atoms with van der Waals surface area (Å²) in [6, 6.07) is 20.2. The molecule has 3 aromatic carbocycles. The first kappa shape index (κ1) is 22.7. The maximum Gasteiger partial charge on any atom is 0.289 e. The number of benzene rings is 3. The Hall–Kier alpha value is -4.09. The van der Waals surface area contributed by atoms with Crippen LogP contribution in [0.25, 0.3) is 16.7 Å². The number of sulfonamides is 1. The van der Waals surface area contributed by atoms with Crippen molar-refractivity contribution in [1.82, 2.24) is 18.8 Å². The summed E-state index contributed by atoms with van der Waals surface area (Å²) in [7, 11) is -4.06. The fourth-order valence-corrected chi connectivity index (χ4v) is 5.79. The second-order valence-electron chi connectivity index (χ2n) is 8.07. The zero-order valence-electron chi connectivity index (χ0n) is 18.5. The van der Waals surface area contributed by atoms with Crippen LogP contribution in [0, 0.1) is 10.1 Å². The second-order valence-corrected chi connectivity index (χ2v) is 9.98. The summed E-state index contributed by atoms with van der Waals surface area (Å²) in [5.74, 6) is -0.199. The maximum atomic E-state index is 13.0. The number of fused-ring (bicyclic) bond motifs is 1. The fourth-order valence-electron chi connectivity index (χ4n) is 4.21. The van der Waals surface area contributed by atoms with E-state index in [1.54, 1.807) is 23.4 Å². The minimum Gasteiger partial charge on any atom is -0.336 e. The lowest BCUT2D eigenvalue weighted by Crippen LogP contribution is -2.50. The molecule has 0 N–H and O–H groups in total. The lowest BCUT2D eigenvalue weighted by Gasteiger charge is -2.34. The lowest BCUT2D eigenvalue weighted by molar-refractivity contribution is -0.387. The monoisotopic (exact) mass is 491 g/mol. The normalized spacial score (nSPS) is 14.8. The highest BCUT2D eigenvalue weighted by Gasteiger charge is 2.34. The molecule has 1 aromatic heterocycles. The summed E-state index contributed by atoms with van der Waals surface area (Å²) in [5, 5.41) is 11.3. The molecule has 0 unspecified atom stereocenters. The van der Waals surface area contributed by atoms with Gasteiger partial charge in [-0.2, -0.15) is 4.31 Å². The number of aromatic nitrogens is 2. The molecule has 178 valence electrons. The molecule has 2 heterocycles. The molecule has 1 aliphatic rings. The first-order chi connectivity index (χ1) is 16.9. The van der Waals surface area contributed by atoms with E-state index in [4.69, 9.17) is 0 Å². The largest absolute Gasteiger partial charge is 0.336 e. The van der Waals surface area contributed by atoms with Crippen LogP contribution < -0.4 is 0 Å². The van der Waals surface area contributed by atoms with Gasteiger partial charge in [0.1, 0.15) is 6.33 Å². The quantitative estimate of drug-likeness (QED) is 0.313. The standard InChI is InChI=1S/C24H21N5O5S/c30-24(18-9-11-19(12-10-18)28-17-25-20-5-1-2-6-21(20)28)26-13-15-27(16-14-26)35(33,34)23-8-4-3-7-22(23)29(31)32/h1-12,17H,13-16H2. The highest BCUT2D eigenvalue weighted by molar-refractivity contribution is 7.89. The molecule has 5 rings (SSSR count). The zero-order chi connectivity index (χ0) is 24.6. The number of imidazole rings is 1. The molecule has 0 aliphatic carbocycles. The first-order valence-corrected chi connectivity index (χ1v) is 12.4. The van der Waals surface area contributed by atoms with Crippen LogP contribution in [0.3, 0.4) is 0 Å². The van der Waals surface area contributed by atoms with Crippen molar-refractivity contribution >= 4 is 32.7 Å². The average Bonchev–Trinajstić information content (AvgIpc) is 3.33. The molecule has 1 amide bonds. The Morgan fingerprint density at radius 2 is 1.54 bits per heavy atom. The van der Waals surface area contributed by atoms with Crippen LogP contribution in [0.1, 0.15) is 10.4 Å². The maximum absolute atomic E-state index is 13.0. The molecular weight excluding hydrogens is 470 g/mol. The smallest absolute Gasteiger partial charge is 0.289 e. The van der Waals surface area contributed by atoms with Gasteiger partial charge in [0.05, 0.1) is 16.0 Å². The fraction of sp³-hybridized carbons (Fsp3) is 0.167. The van der Waals surface area contributed by atoms with Gasteiger partial charge >= 0.3 is 0 Å². The van der Waals surface area contributed by atoms with Gasteiger partial charge < -0.3 is 4.90 Å². The van der Waals surface area contributed by atoms with Crippen LogP contribution in [-0.4, -0.2) is 64.2 Å². The predicted molar refractivity (Wildman–Crippen MR) is 129 cm³/mol. The van der Waals surface area contributed by atoms with Crippen molar-refractivity contribution in [3.8, 4) is 5.69 Å². The molecule has 11 heteroatoms.